The Labute approximate surface area is 201 Å². The topological polar surface area (TPSA) is 61.7 Å². The van der Waals surface area contributed by atoms with Crippen LogP contribution in [0.5, 0.6) is 0 Å². The molecule has 1 saturated carbocycles. The zero-order chi connectivity index (χ0) is 20.6. The van der Waals surface area contributed by atoms with Gasteiger partial charge < -0.3 is 9.80 Å². The van der Waals surface area contributed by atoms with E-state index in [9.17, 15) is 9.59 Å². The average Bonchev–Trinajstić information content (AvgIpc) is 3.52. The van der Waals surface area contributed by atoms with Crippen molar-refractivity contribution in [3.05, 3.63) is 27.1 Å². The summed E-state index contributed by atoms with van der Waals surface area (Å²) >= 11 is 10.8. The van der Waals surface area contributed by atoms with Crippen molar-refractivity contribution in [3.63, 3.8) is 0 Å². The Kier molecular flexibility index (Phi) is 5.03. The number of amides is 1. The number of aryl methyl sites for hydroxylation is 1. The minimum Gasteiger partial charge on any atom is -0.361 e. The Morgan fingerprint density at radius 2 is 1.93 bits per heavy atom. The molecule has 0 bridgehead atoms. The van der Waals surface area contributed by atoms with Gasteiger partial charge in [0.15, 0.2) is 5.65 Å². The molecule has 1 aliphatic carbocycles. The first-order valence-corrected chi connectivity index (χ1v) is 12.0. The molecule has 5 rings (SSSR count). The van der Waals surface area contributed by atoms with Crippen molar-refractivity contribution >= 4 is 85.6 Å². The Morgan fingerprint density at radius 3 is 2.62 bits per heavy atom. The van der Waals surface area contributed by atoms with E-state index >= 15 is 0 Å². The summed E-state index contributed by atoms with van der Waals surface area (Å²) in [5, 5.41) is 1.40. The summed E-state index contributed by atoms with van der Waals surface area (Å²) in [5.74, 6) is 0.119. The number of pyridine rings is 2. The number of hydrogen-bond acceptors (Lipinski definition) is 5. The lowest BCUT2D eigenvalue weighted by molar-refractivity contribution is -0.119. The van der Waals surface area contributed by atoms with Gasteiger partial charge in [0.25, 0.3) is 5.56 Å². The van der Waals surface area contributed by atoms with E-state index in [1.165, 1.54) is 2.78 Å². The first kappa shape index (κ1) is 20.3. The van der Waals surface area contributed by atoms with Crippen molar-refractivity contribution in [1.29, 1.82) is 0 Å². The van der Waals surface area contributed by atoms with E-state index in [-0.39, 0.29) is 23.4 Å². The van der Waals surface area contributed by atoms with E-state index in [0.717, 1.165) is 37.0 Å². The predicted octanol–water partition coefficient (Wildman–Crippen LogP) is 3.54. The molecule has 29 heavy (non-hydrogen) atoms. The second-order valence-electron chi connectivity index (χ2n) is 8.17. The van der Waals surface area contributed by atoms with Crippen LogP contribution < -0.4 is 15.4 Å². The summed E-state index contributed by atoms with van der Waals surface area (Å²) in [4.78, 5) is 35.3. The minimum absolute atomic E-state index is 0.0464. The molecule has 0 aromatic carbocycles. The van der Waals surface area contributed by atoms with Crippen LogP contribution >= 0.6 is 57.3 Å². The lowest BCUT2D eigenvalue weighted by Crippen LogP contribution is -2.62. The molecule has 2 fully saturated rings. The van der Waals surface area contributed by atoms with Crippen LogP contribution in [0.3, 0.4) is 0 Å². The van der Waals surface area contributed by atoms with Gasteiger partial charge >= 0.3 is 0 Å². The molecule has 3 aliphatic rings. The van der Waals surface area contributed by atoms with Gasteiger partial charge in [-0.25, -0.2) is 10.9 Å². The second kappa shape index (κ2) is 7.20. The Morgan fingerprint density at radius 1 is 1.21 bits per heavy atom. The smallest absolute Gasteiger partial charge is 0.287 e. The average molecular weight is 640 g/mol. The standard InChI is InChI=1S/C19H20ClI2N5O2/c1-9-6-24-12(8-26(9)21)7-25(18(28)11-3-4-11)16-15(24)13-5-14(20)10(2)23-17(13)27(22)19(16)29/h5,9,11-12H,3-4,6-8H2,1-2H3. The highest BCUT2D eigenvalue weighted by atomic mass is 127. The zero-order valence-electron chi connectivity index (χ0n) is 16.0. The van der Waals surface area contributed by atoms with Gasteiger partial charge in [0.05, 0.1) is 45.3 Å². The number of hydrogen-bond donors (Lipinski definition) is 0. The van der Waals surface area contributed by atoms with Crippen LogP contribution in [0.15, 0.2) is 10.9 Å². The Hall–Kier alpha value is -0.660. The third-order valence-corrected chi connectivity index (χ3v) is 8.71. The normalized spacial score (nSPS) is 24.6. The molecule has 0 N–H and O–H groups in total. The van der Waals surface area contributed by atoms with Crippen molar-refractivity contribution in [2.45, 2.75) is 38.8 Å². The summed E-state index contributed by atoms with van der Waals surface area (Å²) in [5.41, 5.74) is 2.40. The molecule has 4 heterocycles. The summed E-state index contributed by atoms with van der Waals surface area (Å²) in [6, 6.07) is 2.36. The number of anilines is 2. The molecule has 7 nitrogen and oxygen atoms in total. The maximum atomic E-state index is 13.5. The van der Waals surface area contributed by atoms with Crippen molar-refractivity contribution in [2.24, 2.45) is 5.92 Å². The van der Waals surface area contributed by atoms with Gasteiger partial charge in [0.1, 0.15) is 5.69 Å². The molecule has 2 aromatic rings. The van der Waals surface area contributed by atoms with Gasteiger partial charge in [-0.2, -0.15) is 0 Å². The van der Waals surface area contributed by atoms with Gasteiger partial charge in [-0.3, -0.25) is 9.59 Å². The van der Waals surface area contributed by atoms with Gasteiger partial charge in [-0.1, -0.05) is 11.6 Å². The number of carbonyl (C=O) groups excluding carboxylic acids is 1. The SMILES string of the molecule is Cc1nc2c(cc1Cl)c1c(c(=O)n2I)N(C(=O)C2CC2)CC2CN(I)C(C)CN12. The fraction of sp³-hybridized carbons (Fsp3) is 0.526. The molecule has 1 saturated heterocycles. The van der Waals surface area contributed by atoms with Crippen LogP contribution in [-0.4, -0.2) is 48.5 Å². The maximum absolute atomic E-state index is 13.5. The highest BCUT2D eigenvalue weighted by Crippen LogP contribution is 2.44. The molecule has 0 spiro atoms. The quantitative estimate of drug-likeness (QED) is 0.353. The fourth-order valence-corrected chi connectivity index (χ4v) is 5.71. The van der Waals surface area contributed by atoms with Crippen molar-refractivity contribution < 1.29 is 4.79 Å². The monoisotopic (exact) mass is 639 g/mol. The van der Waals surface area contributed by atoms with E-state index in [4.69, 9.17) is 11.6 Å². The second-order valence-corrected chi connectivity index (χ2v) is 10.8. The zero-order valence-corrected chi connectivity index (χ0v) is 21.1. The lowest BCUT2D eigenvalue weighted by Gasteiger charge is -2.50. The van der Waals surface area contributed by atoms with Gasteiger partial charge in [0.2, 0.25) is 5.91 Å². The molecule has 2 unspecified atom stereocenters. The van der Waals surface area contributed by atoms with Crippen LogP contribution in [-0.2, 0) is 4.79 Å². The number of halogens is 3. The molecular weight excluding hydrogens is 620 g/mol. The number of carbonyl (C=O) groups is 1. The molecule has 10 heteroatoms. The number of piperazine rings is 1. The Balaban J connectivity index is 1.82. The molecule has 154 valence electrons. The third kappa shape index (κ3) is 3.18. The van der Waals surface area contributed by atoms with Crippen molar-refractivity contribution in [2.75, 3.05) is 29.4 Å². The molecule has 0 radical (unpaired) electrons. The lowest BCUT2D eigenvalue weighted by atomic mass is 10.0. The maximum Gasteiger partial charge on any atom is 0.287 e. The highest BCUT2D eigenvalue weighted by molar-refractivity contribution is 14.1. The van der Waals surface area contributed by atoms with Crippen LogP contribution in [0, 0.1) is 12.8 Å². The van der Waals surface area contributed by atoms with E-state index in [0.29, 0.717) is 34.6 Å². The molecular formula is C19H20ClI2N5O2. The molecule has 2 atom stereocenters. The van der Waals surface area contributed by atoms with E-state index in [1.54, 1.807) is 4.90 Å². The number of fused-ring (bicyclic) bond motifs is 5. The van der Waals surface area contributed by atoms with Crippen molar-refractivity contribution in [1.82, 2.24) is 10.9 Å². The highest BCUT2D eigenvalue weighted by Gasteiger charge is 2.45. The predicted molar refractivity (Wildman–Crippen MR) is 132 cm³/mol. The molecule has 2 aliphatic heterocycles. The number of aromatic nitrogens is 2. The third-order valence-electron chi connectivity index (χ3n) is 6.09. The van der Waals surface area contributed by atoms with E-state index in [2.05, 4.69) is 42.8 Å². The summed E-state index contributed by atoms with van der Waals surface area (Å²) in [6.07, 6.45) is 1.82. The largest absolute Gasteiger partial charge is 0.361 e. The Bertz CT molecular complexity index is 1100. The van der Waals surface area contributed by atoms with E-state index < -0.39 is 0 Å². The number of rotatable bonds is 1. The van der Waals surface area contributed by atoms with Crippen molar-refractivity contribution in [3.8, 4) is 0 Å². The van der Waals surface area contributed by atoms with Crippen LogP contribution in [0.4, 0.5) is 11.4 Å². The van der Waals surface area contributed by atoms with Gasteiger partial charge in [0, 0.05) is 59.8 Å². The van der Waals surface area contributed by atoms with Crippen LogP contribution in [0.2, 0.25) is 5.02 Å². The summed E-state index contributed by atoms with van der Waals surface area (Å²) in [7, 11) is 0. The fourth-order valence-electron chi connectivity index (χ4n) is 4.33. The minimum atomic E-state index is -0.181. The van der Waals surface area contributed by atoms with Gasteiger partial charge in [-0.15, -0.1) is 0 Å². The first-order chi connectivity index (χ1) is 13.8. The summed E-state index contributed by atoms with van der Waals surface area (Å²) in [6.45, 7) is 6.18. The van der Waals surface area contributed by atoms with E-state index in [1.807, 2.05) is 35.9 Å². The molecule has 1 amide bonds. The van der Waals surface area contributed by atoms with Gasteiger partial charge in [-0.05, 0) is 32.8 Å². The number of nitrogens with zero attached hydrogens (tertiary/aromatic N) is 5. The summed E-state index contributed by atoms with van der Waals surface area (Å²) < 4.78 is 3.82. The first-order valence-electron chi connectivity index (χ1n) is 9.70. The van der Waals surface area contributed by atoms with Crippen LogP contribution in [0.1, 0.15) is 25.5 Å². The van der Waals surface area contributed by atoms with Crippen LogP contribution in [0.25, 0.3) is 11.0 Å². The molecule has 2 aromatic heterocycles.